The molecule has 0 aliphatic carbocycles. The van der Waals surface area contributed by atoms with E-state index in [4.69, 9.17) is 23.2 Å². The molecular weight excluding hydrogens is 407 g/mol. The monoisotopic (exact) mass is 428 g/mol. The first kappa shape index (κ1) is 22.0. The maximum absolute atomic E-state index is 13.1. The predicted octanol–water partition coefficient (Wildman–Crippen LogP) is 4.88. The quantitative estimate of drug-likeness (QED) is 0.636. The summed E-state index contributed by atoms with van der Waals surface area (Å²) in [7, 11) is 1.81. The topological polar surface area (TPSA) is 42.3 Å². The second kappa shape index (κ2) is 8.78. The molecule has 1 aliphatic rings. The fourth-order valence-corrected chi connectivity index (χ4v) is 4.23. The number of ketones is 2. The molecule has 0 bridgehead atoms. The van der Waals surface area contributed by atoms with E-state index in [0.717, 1.165) is 31.6 Å². The van der Waals surface area contributed by atoms with E-state index in [0.29, 0.717) is 39.0 Å². The van der Waals surface area contributed by atoms with Crippen molar-refractivity contribution in [1.29, 1.82) is 0 Å². The van der Waals surface area contributed by atoms with Crippen LogP contribution in [0.15, 0.2) is 18.2 Å². The van der Waals surface area contributed by atoms with Crippen molar-refractivity contribution >= 4 is 47.2 Å². The van der Waals surface area contributed by atoms with Crippen molar-refractivity contribution in [2.24, 2.45) is 7.05 Å². The average Bonchev–Trinajstić information content (AvgIpc) is 3.14. The van der Waals surface area contributed by atoms with E-state index >= 15 is 0 Å². The van der Waals surface area contributed by atoms with Gasteiger partial charge in [-0.25, -0.2) is 0 Å². The summed E-state index contributed by atoms with van der Waals surface area (Å²) in [6.45, 7) is 6.04. The SMILES string of the molecule is Cc1c(C(=O)CN2CCCC2)c(C)n(C)c1C(=O)c1ccc(Cl)cc1Cl.Cl. The van der Waals surface area contributed by atoms with Crippen molar-refractivity contribution in [3.8, 4) is 0 Å². The fraction of sp³-hybridized carbons (Fsp3) is 0.400. The zero-order chi connectivity index (χ0) is 19.0. The summed E-state index contributed by atoms with van der Waals surface area (Å²) in [5.41, 5.74) is 3.05. The largest absolute Gasteiger partial charge is 0.344 e. The Hall–Kier alpha value is -1.33. The summed E-state index contributed by atoms with van der Waals surface area (Å²) in [5.74, 6) is -0.131. The van der Waals surface area contributed by atoms with Gasteiger partial charge >= 0.3 is 0 Å². The average molecular weight is 430 g/mol. The van der Waals surface area contributed by atoms with Gasteiger partial charge in [0, 0.05) is 28.9 Å². The van der Waals surface area contributed by atoms with Crippen LogP contribution in [0.5, 0.6) is 0 Å². The standard InChI is InChI=1S/C20H22Cl2N2O2.ClH/c1-12-18(17(25)11-24-8-4-5-9-24)13(2)23(3)19(12)20(26)15-7-6-14(21)10-16(15)22;/h6-7,10H,4-5,8-9,11H2,1-3H3;1H. The van der Waals surface area contributed by atoms with Crippen LogP contribution in [-0.4, -0.2) is 40.7 Å². The normalized spacial score (nSPS) is 14.3. The van der Waals surface area contributed by atoms with Crippen LogP contribution in [0, 0.1) is 13.8 Å². The number of hydrogen-bond acceptors (Lipinski definition) is 3. The van der Waals surface area contributed by atoms with Crippen LogP contribution in [0.2, 0.25) is 10.0 Å². The van der Waals surface area contributed by atoms with Gasteiger partial charge in [-0.1, -0.05) is 23.2 Å². The number of Topliss-reactive ketones (excluding diaryl/α,β-unsaturated/α-hetero) is 1. The molecule has 27 heavy (non-hydrogen) atoms. The molecule has 2 heterocycles. The first-order valence-corrected chi connectivity index (χ1v) is 9.48. The third kappa shape index (κ3) is 4.24. The van der Waals surface area contributed by atoms with Crippen molar-refractivity contribution in [2.75, 3.05) is 19.6 Å². The lowest BCUT2D eigenvalue weighted by Crippen LogP contribution is -2.27. The van der Waals surface area contributed by atoms with E-state index in [2.05, 4.69) is 4.90 Å². The lowest BCUT2D eigenvalue weighted by atomic mass is 10.0. The minimum Gasteiger partial charge on any atom is -0.344 e. The zero-order valence-electron chi connectivity index (χ0n) is 15.6. The summed E-state index contributed by atoms with van der Waals surface area (Å²) in [6, 6.07) is 4.83. The number of halogens is 3. The molecule has 3 rings (SSSR count). The van der Waals surface area contributed by atoms with E-state index < -0.39 is 0 Å². The molecule has 0 saturated carbocycles. The number of carbonyl (C=O) groups excluding carboxylic acids is 2. The van der Waals surface area contributed by atoms with Gasteiger partial charge in [-0.05, 0) is 63.5 Å². The number of carbonyl (C=O) groups is 2. The lowest BCUT2D eigenvalue weighted by molar-refractivity contribution is 0.0944. The Kier molecular flexibility index (Phi) is 7.14. The number of aromatic nitrogens is 1. The minimum absolute atomic E-state index is 0. The second-order valence-corrected chi connectivity index (χ2v) is 7.70. The smallest absolute Gasteiger partial charge is 0.211 e. The van der Waals surface area contributed by atoms with Gasteiger partial charge < -0.3 is 4.57 Å². The maximum Gasteiger partial charge on any atom is 0.211 e. The van der Waals surface area contributed by atoms with E-state index in [9.17, 15) is 9.59 Å². The highest BCUT2D eigenvalue weighted by Gasteiger charge is 2.27. The van der Waals surface area contributed by atoms with Gasteiger partial charge in [0.25, 0.3) is 0 Å². The Morgan fingerprint density at radius 1 is 1.11 bits per heavy atom. The van der Waals surface area contributed by atoms with Crippen LogP contribution in [-0.2, 0) is 7.05 Å². The minimum atomic E-state index is -0.199. The van der Waals surface area contributed by atoms with Crippen molar-refractivity contribution in [3.63, 3.8) is 0 Å². The van der Waals surface area contributed by atoms with Gasteiger partial charge in [-0.3, -0.25) is 14.5 Å². The molecule has 2 aromatic rings. The highest BCUT2D eigenvalue weighted by molar-refractivity contribution is 6.37. The van der Waals surface area contributed by atoms with Crippen LogP contribution >= 0.6 is 35.6 Å². The molecule has 4 nitrogen and oxygen atoms in total. The molecule has 1 fully saturated rings. The number of nitrogens with zero attached hydrogens (tertiary/aromatic N) is 2. The van der Waals surface area contributed by atoms with Crippen molar-refractivity contribution in [2.45, 2.75) is 26.7 Å². The number of benzene rings is 1. The molecule has 7 heteroatoms. The number of hydrogen-bond donors (Lipinski definition) is 0. The molecule has 0 atom stereocenters. The molecule has 0 amide bonds. The van der Waals surface area contributed by atoms with Crippen molar-refractivity contribution in [1.82, 2.24) is 9.47 Å². The van der Waals surface area contributed by atoms with Crippen LogP contribution in [0.25, 0.3) is 0 Å². The molecule has 0 N–H and O–H groups in total. The second-order valence-electron chi connectivity index (χ2n) is 6.85. The van der Waals surface area contributed by atoms with Gasteiger partial charge in [-0.2, -0.15) is 0 Å². The highest BCUT2D eigenvalue weighted by atomic mass is 35.5. The van der Waals surface area contributed by atoms with E-state index in [1.54, 1.807) is 22.8 Å². The first-order chi connectivity index (χ1) is 12.3. The van der Waals surface area contributed by atoms with Gasteiger partial charge in [0.2, 0.25) is 5.78 Å². The van der Waals surface area contributed by atoms with Gasteiger partial charge in [-0.15, -0.1) is 12.4 Å². The molecule has 0 spiro atoms. The number of likely N-dealkylation sites (tertiary alicyclic amines) is 1. The van der Waals surface area contributed by atoms with Gasteiger partial charge in [0.1, 0.15) is 0 Å². The summed E-state index contributed by atoms with van der Waals surface area (Å²) < 4.78 is 1.79. The van der Waals surface area contributed by atoms with Crippen molar-refractivity contribution < 1.29 is 9.59 Å². The molecule has 0 unspecified atom stereocenters. The zero-order valence-corrected chi connectivity index (χ0v) is 18.0. The first-order valence-electron chi connectivity index (χ1n) is 8.72. The summed E-state index contributed by atoms with van der Waals surface area (Å²) >= 11 is 12.1. The van der Waals surface area contributed by atoms with Crippen LogP contribution in [0.1, 0.15) is 50.5 Å². The van der Waals surface area contributed by atoms with Gasteiger partial charge in [0.15, 0.2) is 5.78 Å². The Morgan fingerprint density at radius 2 is 1.74 bits per heavy atom. The lowest BCUT2D eigenvalue weighted by Gasteiger charge is -2.13. The Bertz CT molecular complexity index is 884. The summed E-state index contributed by atoms with van der Waals surface area (Å²) in [6.07, 6.45) is 2.28. The third-order valence-corrected chi connectivity index (χ3v) is 5.71. The Labute approximate surface area is 175 Å². The molecule has 146 valence electrons. The van der Waals surface area contributed by atoms with Gasteiger partial charge in [0.05, 0.1) is 17.3 Å². The van der Waals surface area contributed by atoms with Crippen LogP contribution < -0.4 is 0 Å². The third-order valence-electron chi connectivity index (χ3n) is 5.17. The fourth-order valence-electron chi connectivity index (χ4n) is 3.73. The van der Waals surface area contributed by atoms with E-state index in [1.165, 1.54) is 0 Å². The molecule has 1 aromatic carbocycles. The summed E-state index contributed by atoms with van der Waals surface area (Å²) in [4.78, 5) is 28.1. The predicted molar refractivity (Wildman–Crippen MR) is 112 cm³/mol. The molecule has 1 aromatic heterocycles. The van der Waals surface area contributed by atoms with E-state index in [1.807, 2.05) is 20.9 Å². The maximum atomic E-state index is 13.1. The Morgan fingerprint density at radius 3 is 2.33 bits per heavy atom. The van der Waals surface area contributed by atoms with E-state index in [-0.39, 0.29) is 24.0 Å². The Balaban J connectivity index is 0.00000261. The van der Waals surface area contributed by atoms with Crippen LogP contribution in [0.3, 0.4) is 0 Å². The summed E-state index contributed by atoms with van der Waals surface area (Å²) in [5, 5.41) is 0.790. The van der Waals surface area contributed by atoms with Crippen LogP contribution in [0.4, 0.5) is 0 Å². The number of rotatable bonds is 5. The van der Waals surface area contributed by atoms with Crippen molar-refractivity contribution in [3.05, 3.63) is 56.3 Å². The molecule has 1 saturated heterocycles. The molecule has 0 radical (unpaired) electrons. The molecular formula is C20H23Cl3N2O2. The highest BCUT2D eigenvalue weighted by Crippen LogP contribution is 2.28. The molecule has 1 aliphatic heterocycles.